The van der Waals surface area contributed by atoms with Crippen molar-refractivity contribution < 1.29 is 14.3 Å². The number of carbonyl (C=O) groups excluding carboxylic acids is 2. The molecule has 1 N–H and O–H groups in total. The Bertz CT molecular complexity index is 883. The molecule has 2 aromatic rings. The monoisotopic (exact) mass is 352 g/mol. The Morgan fingerprint density at radius 3 is 2.92 bits per heavy atom. The molecule has 5 nitrogen and oxygen atoms in total. The van der Waals surface area contributed by atoms with E-state index in [0.29, 0.717) is 0 Å². The average Bonchev–Trinajstić information content (AvgIpc) is 3.07. The van der Waals surface area contributed by atoms with Gasteiger partial charge < -0.3 is 14.5 Å². The Kier molecular flexibility index (Phi) is 4.41. The average molecular weight is 352 g/mol. The fourth-order valence-electron chi connectivity index (χ4n) is 4.70. The van der Waals surface area contributed by atoms with Gasteiger partial charge in [-0.2, -0.15) is 0 Å². The Labute approximate surface area is 153 Å². The van der Waals surface area contributed by atoms with Crippen molar-refractivity contribution >= 4 is 23.2 Å². The molecule has 4 rings (SSSR count). The maximum absolute atomic E-state index is 12.1. The van der Waals surface area contributed by atoms with Gasteiger partial charge in [0.25, 0.3) is 0 Å². The Morgan fingerprint density at radius 1 is 1.38 bits per heavy atom. The molecular weight excluding hydrogens is 328 g/mol. The molecule has 0 aliphatic carbocycles. The van der Waals surface area contributed by atoms with E-state index < -0.39 is 11.9 Å². The lowest BCUT2D eigenvalue weighted by Crippen LogP contribution is -2.45. The lowest BCUT2D eigenvalue weighted by Gasteiger charge is -2.44. The first-order valence-corrected chi connectivity index (χ1v) is 9.19. The van der Waals surface area contributed by atoms with Crippen LogP contribution in [0.3, 0.4) is 0 Å². The van der Waals surface area contributed by atoms with Crippen LogP contribution in [0.1, 0.15) is 30.6 Å². The number of aromatic nitrogens is 1. The van der Waals surface area contributed by atoms with Crippen LogP contribution in [0.4, 0.5) is 0 Å². The highest BCUT2D eigenvalue weighted by atomic mass is 16.5. The van der Waals surface area contributed by atoms with Crippen LogP contribution in [0.25, 0.3) is 10.9 Å². The molecular formula is C21H24N2O3. The first-order valence-electron chi connectivity index (χ1n) is 9.19. The van der Waals surface area contributed by atoms with Crippen LogP contribution in [-0.2, 0) is 20.7 Å². The number of methoxy groups -OCH3 is 1. The SMILES string of the molecule is C/C=C1/CN2CCc3c([nH]c4ccccc34)C2C[C@@H]1C(C=O)C(=O)OC. The molecule has 0 amide bonds. The molecule has 3 atom stereocenters. The van der Waals surface area contributed by atoms with Crippen molar-refractivity contribution in [3.05, 3.63) is 47.2 Å². The van der Waals surface area contributed by atoms with Crippen molar-refractivity contribution in [2.75, 3.05) is 20.2 Å². The summed E-state index contributed by atoms with van der Waals surface area (Å²) in [5, 5.41) is 1.29. The van der Waals surface area contributed by atoms with E-state index in [-0.39, 0.29) is 12.0 Å². The molecule has 1 aromatic heterocycles. The predicted octanol–water partition coefficient (Wildman–Crippen LogP) is 3.02. The number of rotatable bonds is 3. The standard InChI is InChI=1S/C21H24N2O3/c1-3-13-11-23-9-8-15-14-6-4-5-7-18(14)22-20(15)19(23)10-16(13)17(12-24)21(25)26-2/h3-7,12,16-17,19,22H,8-11H2,1-2H3/b13-3-/t16-,17?,19?/m0/s1. The fraction of sp³-hybridized carbons (Fsp3) is 0.429. The molecule has 0 radical (unpaired) electrons. The van der Waals surface area contributed by atoms with Gasteiger partial charge in [-0.25, -0.2) is 0 Å². The van der Waals surface area contributed by atoms with Crippen LogP contribution in [0.2, 0.25) is 0 Å². The van der Waals surface area contributed by atoms with Gasteiger partial charge in [-0.05, 0) is 31.4 Å². The van der Waals surface area contributed by atoms with E-state index in [2.05, 4.69) is 34.2 Å². The number of para-hydroxylation sites is 1. The largest absolute Gasteiger partial charge is 0.468 e. The molecule has 1 aromatic carbocycles. The molecule has 5 heteroatoms. The van der Waals surface area contributed by atoms with Gasteiger partial charge in [0.1, 0.15) is 12.2 Å². The van der Waals surface area contributed by atoms with Gasteiger partial charge in [-0.15, -0.1) is 0 Å². The van der Waals surface area contributed by atoms with Crippen LogP contribution >= 0.6 is 0 Å². The molecule has 0 bridgehead atoms. The summed E-state index contributed by atoms with van der Waals surface area (Å²) in [7, 11) is 1.35. The quantitative estimate of drug-likeness (QED) is 0.399. The minimum Gasteiger partial charge on any atom is -0.468 e. The van der Waals surface area contributed by atoms with Crippen molar-refractivity contribution in [2.24, 2.45) is 11.8 Å². The van der Waals surface area contributed by atoms with Crippen LogP contribution in [0.5, 0.6) is 0 Å². The third-order valence-electron chi connectivity index (χ3n) is 6.03. The number of aldehydes is 1. The van der Waals surface area contributed by atoms with Gasteiger partial charge >= 0.3 is 5.97 Å². The van der Waals surface area contributed by atoms with Crippen LogP contribution in [0, 0.1) is 11.8 Å². The minimum atomic E-state index is -0.733. The van der Waals surface area contributed by atoms with Gasteiger partial charge in [0.15, 0.2) is 0 Å². The second kappa shape index (κ2) is 6.72. The minimum absolute atomic E-state index is 0.108. The number of carbonyl (C=O) groups is 2. The number of nitrogens with one attached hydrogen (secondary N) is 1. The molecule has 2 aliphatic heterocycles. The molecule has 3 heterocycles. The first kappa shape index (κ1) is 17.0. The van der Waals surface area contributed by atoms with Crippen LogP contribution in [0.15, 0.2) is 35.9 Å². The zero-order chi connectivity index (χ0) is 18.3. The smallest absolute Gasteiger partial charge is 0.316 e. The number of fused-ring (bicyclic) bond motifs is 5. The number of hydrogen-bond donors (Lipinski definition) is 1. The molecule has 0 saturated carbocycles. The highest BCUT2D eigenvalue weighted by molar-refractivity contribution is 5.89. The number of nitrogens with zero attached hydrogens (tertiary/aromatic N) is 1. The van der Waals surface area contributed by atoms with E-state index in [1.54, 1.807) is 0 Å². The van der Waals surface area contributed by atoms with Gasteiger partial charge in [0.2, 0.25) is 0 Å². The molecule has 2 unspecified atom stereocenters. The molecule has 2 aliphatic rings. The number of piperidine rings is 1. The van der Waals surface area contributed by atoms with Crippen molar-refractivity contribution in [1.82, 2.24) is 9.88 Å². The molecule has 0 spiro atoms. The highest BCUT2D eigenvalue weighted by Crippen LogP contribution is 2.44. The number of hydrogen-bond acceptors (Lipinski definition) is 4. The van der Waals surface area contributed by atoms with Gasteiger partial charge in [-0.1, -0.05) is 29.8 Å². The van der Waals surface area contributed by atoms with Crippen molar-refractivity contribution in [1.29, 1.82) is 0 Å². The second-order valence-corrected chi connectivity index (χ2v) is 7.19. The number of H-pyrrole nitrogens is 1. The maximum atomic E-state index is 12.1. The summed E-state index contributed by atoms with van der Waals surface area (Å²) in [5.41, 5.74) is 4.94. The number of esters is 1. The first-order chi connectivity index (χ1) is 12.7. The third-order valence-corrected chi connectivity index (χ3v) is 6.03. The zero-order valence-corrected chi connectivity index (χ0v) is 15.2. The van der Waals surface area contributed by atoms with E-state index in [1.165, 1.54) is 23.8 Å². The normalized spacial score (nSPS) is 25.5. The molecule has 1 saturated heterocycles. The summed E-state index contributed by atoms with van der Waals surface area (Å²) in [5.74, 6) is -1.28. The number of benzene rings is 1. The van der Waals surface area contributed by atoms with E-state index in [0.717, 1.165) is 43.3 Å². The summed E-state index contributed by atoms with van der Waals surface area (Å²) >= 11 is 0. The Balaban J connectivity index is 1.74. The fourth-order valence-corrected chi connectivity index (χ4v) is 4.70. The van der Waals surface area contributed by atoms with Crippen molar-refractivity contribution in [3.63, 3.8) is 0 Å². The number of aromatic amines is 1. The summed E-state index contributed by atoms with van der Waals surface area (Å²) in [6.07, 6.45) is 4.58. The maximum Gasteiger partial charge on any atom is 0.316 e. The van der Waals surface area contributed by atoms with Gasteiger partial charge in [0.05, 0.1) is 13.2 Å². The van der Waals surface area contributed by atoms with Gasteiger partial charge in [0, 0.05) is 35.6 Å². The summed E-state index contributed by atoms with van der Waals surface area (Å²) in [6, 6.07) is 8.60. The van der Waals surface area contributed by atoms with E-state index in [4.69, 9.17) is 4.74 Å². The van der Waals surface area contributed by atoms with Crippen molar-refractivity contribution in [3.8, 4) is 0 Å². The molecule has 26 heavy (non-hydrogen) atoms. The summed E-state index contributed by atoms with van der Waals surface area (Å²) in [4.78, 5) is 29.9. The summed E-state index contributed by atoms with van der Waals surface area (Å²) < 4.78 is 4.88. The van der Waals surface area contributed by atoms with E-state index in [9.17, 15) is 9.59 Å². The Morgan fingerprint density at radius 2 is 2.19 bits per heavy atom. The summed E-state index contributed by atoms with van der Waals surface area (Å²) in [6.45, 7) is 3.77. The number of allylic oxidation sites excluding steroid dienone is 1. The van der Waals surface area contributed by atoms with Gasteiger partial charge in [-0.3, -0.25) is 9.69 Å². The van der Waals surface area contributed by atoms with Crippen LogP contribution < -0.4 is 0 Å². The predicted molar refractivity (Wildman–Crippen MR) is 99.8 cm³/mol. The number of ether oxygens (including phenoxy) is 1. The second-order valence-electron chi connectivity index (χ2n) is 7.19. The topological polar surface area (TPSA) is 62.4 Å². The van der Waals surface area contributed by atoms with E-state index >= 15 is 0 Å². The highest BCUT2D eigenvalue weighted by Gasteiger charge is 2.42. The molecule has 1 fully saturated rings. The molecule has 136 valence electrons. The van der Waals surface area contributed by atoms with E-state index in [1.807, 2.05) is 13.0 Å². The van der Waals surface area contributed by atoms with Crippen molar-refractivity contribution in [2.45, 2.75) is 25.8 Å². The lowest BCUT2D eigenvalue weighted by atomic mass is 9.75. The zero-order valence-electron chi connectivity index (χ0n) is 15.2. The third kappa shape index (κ3) is 2.58. The Hall–Kier alpha value is -2.40. The van der Waals surface area contributed by atoms with Crippen LogP contribution in [-0.4, -0.2) is 42.3 Å². The lowest BCUT2D eigenvalue weighted by molar-refractivity contribution is -0.149.